The summed E-state index contributed by atoms with van der Waals surface area (Å²) in [4.78, 5) is 60.5. The smallest absolute Gasteiger partial charge is 0.469 e. The first-order valence-corrected chi connectivity index (χ1v) is 22.9. The Morgan fingerprint density at radius 1 is 0.983 bits per heavy atom. The second-order valence-electron chi connectivity index (χ2n) is 11.5. The standard InChI is InChI=1S/C18H20N2O4.C8H14O2.C7H12O2.C2HF3O.2C2H5.CH2Cl2.CH2I2.Zn/c1-2-3-4-10-23-18-19-16(22)15-13(7-5-6-12-8-9-12)11-14(21)24-17(15)20-18;1-10-8(9)4-2-3-7-5-6-7;1-3-4-5-6-7(8)9-2;3-2(4,5)1-6;2*1-2;2*2-1-3;/h11-12H,2,5-10H2,1H3,(H,19,20,22);7H,2-6H2,1H3;3H,1,4-6H2,2H3;1H;2*1H2,2H3;2*1H2;/q;;;;2*-1;;;+2. The molecule has 2 aliphatic carbocycles. The molecule has 0 bridgehead atoms. The maximum absolute atomic E-state index is 12.4. The van der Waals surface area contributed by atoms with E-state index in [-0.39, 0.29) is 60.6 Å². The molecule has 2 aromatic rings. The minimum atomic E-state index is -4.64. The number of ether oxygens (including phenoxy) is 3. The maximum atomic E-state index is 12.4. The van der Waals surface area contributed by atoms with Gasteiger partial charge in [-0.05, 0) is 55.9 Å². The van der Waals surface area contributed by atoms with Gasteiger partial charge in [0.15, 0.2) is 6.61 Å². The molecule has 19 heteroatoms. The molecule has 0 spiro atoms. The zero-order chi connectivity index (χ0) is 46.1. The minimum absolute atomic E-state index is 0. The Morgan fingerprint density at radius 3 is 1.87 bits per heavy atom. The Kier molecular flexibility index (Phi) is 52.5. The molecule has 60 heavy (non-hydrogen) atoms. The van der Waals surface area contributed by atoms with Crippen LogP contribution in [-0.4, -0.2) is 63.0 Å². The topological polar surface area (TPSA) is 155 Å². The van der Waals surface area contributed by atoms with Crippen molar-refractivity contribution in [3.05, 3.63) is 58.9 Å². The largest absolute Gasteiger partial charge is 2.00 e. The number of allylic oxidation sites excluding steroid dienone is 1. The van der Waals surface area contributed by atoms with E-state index in [0.717, 1.165) is 50.4 Å². The number of esters is 2. The monoisotopic (exact) mass is 1170 g/mol. The summed E-state index contributed by atoms with van der Waals surface area (Å²) >= 11 is 14.1. The molecule has 2 aliphatic rings. The number of aryl methyl sites for hydroxylation is 1. The summed E-state index contributed by atoms with van der Waals surface area (Å²) in [5, 5.41) is 0.525. The van der Waals surface area contributed by atoms with E-state index >= 15 is 0 Å². The summed E-state index contributed by atoms with van der Waals surface area (Å²) in [7, 11) is 2.84. The van der Waals surface area contributed by atoms with E-state index in [1.165, 1.54) is 54.8 Å². The van der Waals surface area contributed by atoms with Gasteiger partial charge in [-0.3, -0.25) is 24.2 Å². The third-order valence-electron chi connectivity index (χ3n) is 7.08. The number of nitrogens with zero attached hydrogens (tertiary/aromatic N) is 1. The number of nitrogens with one attached hydrogen (secondary N) is 1. The molecular formula is C41H61Cl2F3I2N2O9Zn. The Labute approximate surface area is 404 Å². The van der Waals surface area contributed by atoms with E-state index in [0.29, 0.717) is 30.2 Å². The number of rotatable bonds is 14. The number of aromatic amines is 1. The van der Waals surface area contributed by atoms with Crippen molar-refractivity contribution >= 4 is 97.7 Å². The molecular weight excluding hydrogens is 1110 g/mol. The van der Waals surface area contributed by atoms with Crippen LogP contribution in [0.3, 0.4) is 0 Å². The number of methoxy groups -OCH3 is 2. The summed E-state index contributed by atoms with van der Waals surface area (Å²) < 4.78 is 51.8. The molecule has 11 nitrogen and oxygen atoms in total. The Bertz CT molecular complexity index is 1560. The normalized spacial score (nSPS) is 11.4. The van der Waals surface area contributed by atoms with Crippen molar-refractivity contribution in [1.82, 2.24) is 9.97 Å². The van der Waals surface area contributed by atoms with E-state index in [1.807, 2.05) is 6.92 Å². The van der Waals surface area contributed by atoms with Gasteiger partial charge in [0.2, 0.25) is 12.0 Å². The molecule has 340 valence electrons. The van der Waals surface area contributed by atoms with Gasteiger partial charge in [-0.2, -0.15) is 32.0 Å². The van der Waals surface area contributed by atoms with Crippen LogP contribution < -0.4 is 15.9 Å². The second-order valence-corrected chi connectivity index (χ2v) is 16.8. The average Bonchev–Trinajstić information content (AvgIpc) is 4.16. The van der Waals surface area contributed by atoms with Crippen molar-refractivity contribution in [2.24, 2.45) is 11.8 Å². The first-order chi connectivity index (χ1) is 28.2. The number of hydrogen-bond acceptors (Lipinski definition) is 10. The number of fused-ring (bicyclic) bond motifs is 1. The van der Waals surface area contributed by atoms with Crippen LogP contribution in [0.2, 0.25) is 0 Å². The molecule has 1 N–H and O–H groups in total. The van der Waals surface area contributed by atoms with Crippen molar-refractivity contribution in [2.75, 3.05) is 28.6 Å². The number of H-pyrrole nitrogens is 1. The fraction of sp³-hybridized carbons (Fsp3) is 0.610. The Hall–Kier alpha value is -1.75. The van der Waals surface area contributed by atoms with E-state index in [9.17, 15) is 32.3 Å². The molecule has 2 saturated carbocycles. The van der Waals surface area contributed by atoms with Crippen LogP contribution in [0.5, 0.6) is 6.01 Å². The van der Waals surface area contributed by atoms with Crippen molar-refractivity contribution in [2.45, 2.75) is 117 Å². The fourth-order valence-electron chi connectivity index (χ4n) is 4.20. The second kappa shape index (κ2) is 46.7. The van der Waals surface area contributed by atoms with Gasteiger partial charge >= 0.3 is 49.2 Å². The number of unbranched alkanes of at least 4 members (excludes halogenated alkanes) is 1. The third kappa shape index (κ3) is 44.3. The zero-order valence-corrected chi connectivity index (χ0v) is 44.3. The quantitative estimate of drug-likeness (QED) is 0.0222. The zero-order valence-electron chi connectivity index (χ0n) is 35.5. The summed E-state index contributed by atoms with van der Waals surface area (Å²) in [6.07, 6.45) is 9.97. The van der Waals surface area contributed by atoms with Crippen molar-refractivity contribution in [3.63, 3.8) is 0 Å². The number of aromatic nitrogens is 2. The predicted octanol–water partition coefficient (Wildman–Crippen LogP) is 11.3. The SMILES string of the molecule is C=CCCCC(=O)OC.CCC#CCOc1nc2oc(=O)cc(CCCC3CC3)c2c(=O)[nH]1.COC(=O)CCCC1CC1.ClCCl.ICI.O=CC(F)(F)F.[CH2-]C.[CH2-]C.[Zn+2]. The molecule has 0 unspecified atom stereocenters. The number of aldehydes is 1. The molecule has 2 fully saturated rings. The van der Waals surface area contributed by atoms with Gasteiger partial charge in [-0.15, -0.1) is 35.7 Å². The summed E-state index contributed by atoms with van der Waals surface area (Å²) in [6, 6.07) is 1.40. The molecule has 0 saturated heterocycles. The van der Waals surface area contributed by atoms with Crippen LogP contribution in [0.25, 0.3) is 11.1 Å². The summed E-state index contributed by atoms with van der Waals surface area (Å²) in [5.74, 6) is 7.19. The number of halogens is 7. The summed E-state index contributed by atoms with van der Waals surface area (Å²) in [5.41, 5.74) is -0.151. The first kappa shape index (κ1) is 67.3. The number of hydrogen-bond donors (Lipinski definition) is 1. The minimum Gasteiger partial charge on any atom is -0.469 e. The van der Waals surface area contributed by atoms with Gasteiger partial charge < -0.3 is 32.5 Å². The molecule has 0 atom stereocenters. The van der Waals surface area contributed by atoms with Crippen molar-refractivity contribution in [3.8, 4) is 17.9 Å². The van der Waals surface area contributed by atoms with Crippen LogP contribution in [0, 0.1) is 37.5 Å². The maximum Gasteiger partial charge on any atom is 2.00 e. The first-order valence-electron chi connectivity index (χ1n) is 18.8. The van der Waals surface area contributed by atoms with E-state index in [1.54, 1.807) is 19.9 Å². The van der Waals surface area contributed by atoms with Gasteiger partial charge in [-0.25, -0.2) is 4.79 Å². The van der Waals surface area contributed by atoms with E-state index in [4.69, 9.17) is 37.2 Å². The summed E-state index contributed by atoms with van der Waals surface area (Å²) in [6.45, 7) is 15.6. The molecule has 0 radical (unpaired) electrons. The molecule has 2 aromatic heterocycles. The van der Waals surface area contributed by atoms with Crippen LogP contribution in [0.15, 0.2) is 32.7 Å². The molecule has 0 amide bonds. The van der Waals surface area contributed by atoms with Crippen molar-refractivity contribution in [1.29, 1.82) is 0 Å². The van der Waals surface area contributed by atoms with Crippen LogP contribution in [-0.2, 0) is 49.8 Å². The fourth-order valence-corrected chi connectivity index (χ4v) is 4.20. The van der Waals surface area contributed by atoms with Crippen LogP contribution >= 0.6 is 68.4 Å². The Balaban J connectivity index is -0.000000234. The van der Waals surface area contributed by atoms with Gasteiger partial charge in [0, 0.05) is 25.3 Å². The van der Waals surface area contributed by atoms with Crippen molar-refractivity contribution < 1.29 is 65.7 Å². The van der Waals surface area contributed by atoms with Crippen LogP contribution in [0.4, 0.5) is 13.2 Å². The Morgan fingerprint density at radius 2 is 1.45 bits per heavy atom. The van der Waals surface area contributed by atoms with Gasteiger partial charge in [0.25, 0.3) is 5.56 Å². The average molecular weight is 1170 g/mol. The number of carbonyl (C=O) groups is 3. The number of alkyl halides is 7. The molecule has 4 rings (SSSR count). The van der Waals surface area contributed by atoms with Gasteiger partial charge in [-0.1, -0.05) is 96.2 Å². The predicted molar refractivity (Wildman–Crippen MR) is 248 cm³/mol. The third-order valence-corrected chi connectivity index (χ3v) is 7.08. The molecule has 2 heterocycles. The molecule has 0 aliphatic heterocycles. The van der Waals surface area contributed by atoms with Crippen LogP contribution in [0.1, 0.15) is 110 Å². The van der Waals surface area contributed by atoms with Gasteiger partial charge in [0.1, 0.15) is 5.39 Å². The van der Waals surface area contributed by atoms with Gasteiger partial charge in [0.05, 0.1) is 22.0 Å². The number of carbonyl (C=O) groups excluding carboxylic acids is 3. The van der Waals surface area contributed by atoms with E-state index in [2.05, 4.69) is 96.9 Å². The van der Waals surface area contributed by atoms with E-state index < -0.39 is 18.1 Å². The molecule has 0 aromatic carbocycles.